The van der Waals surface area contributed by atoms with Gasteiger partial charge < -0.3 is 10.5 Å². The zero-order valence-electron chi connectivity index (χ0n) is 10.5. The first-order valence-electron chi connectivity index (χ1n) is 6.38. The van der Waals surface area contributed by atoms with E-state index in [4.69, 9.17) is 10.5 Å². The van der Waals surface area contributed by atoms with Crippen LogP contribution in [0.3, 0.4) is 0 Å². The van der Waals surface area contributed by atoms with E-state index in [1.54, 1.807) is 7.11 Å². The van der Waals surface area contributed by atoms with E-state index >= 15 is 0 Å². The van der Waals surface area contributed by atoms with Gasteiger partial charge in [-0.1, -0.05) is 26.7 Å². The van der Waals surface area contributed by atoms with Gasteiger partial charge in [0.05, 0.1) is 0 Å². The molecule has 0 amide bonds. The van der Waals surface area contributed by atoms with Gasteiger partial charge in [-0.3, -0.25) is 0 Å². The fourth-order valence-electron chi connectivity index (χ4n) is 2.72. The molecule has 2 nitrogen and oxygen atoms in total. The lowest BCUT2D eigenvalue weighted by Gasteiger charge is -2.31. The minimum Gasteiger partial charge on any atom is -0.384 e. The number of hydrogen-bond donors (Lipinski definition) is 1. The van der Waals surface area contributed by atoms with Gasteiger partial charge in [-0.2, -0.15) is 0 Å². The van der Waals surface area contributed by atoms with Crippen LogP contribution in [-0.2, 0) is 4.74 Å². The summed E-state index contributed by atoms with van der Waals surface area (Å²) in [6.07, 6.45) is 6.53. The molecule has 2 unspecified atom stereocenters. The highest BCUT2D eigenvalue weighted by Gasteiger charge is 2.24. The van der Waals surface area contributed by atoms with E-state index in [1.165, 1.54) is 25.7 Å². The summed E-state index contributed by atoms with van der Waals surface area (Å²) >= 11 is 0. The second-order valence-corrected chi connectivity index (χ2v) is 5.48. The average Bonchev–Trinajstić information content (AvgIpc) is 2.18. The Hall–Kier alpha value is -0.0800. The number of ether oxygens (including phenoxy) is 1. The Morgan fingerprint density at radius 3 is 2.40 bits per heavy atom. The van der Waals surface area contributed by atoms with Gasteiger partial charge in [-0.05, 0) is 37.0 Å². The summed E-state index contributed by atoms with van der Waals surface area (Å²) in [6.45, 7) is 5.43. The molecule has 0 saturated heterocycles. The van der Waals surface area contributed by atoms with Crippen molar-refractivity contribution in [3.05, 3.63) is 0 Å². The van der Waals surface area contributed by atoms with Crippen molar-refractivity contribution in [1.82, 2.24) is 0 Å². The maximum absolute atomic E-state index is 6.27. The molecular formula is C13H27NO. The van der Waals surface area contributed by atoms with Crippen LogP contribution in [0, 0.1) is 17.8 Å². The Balaban J connectivity index is 2.24. The van der Waals surface area contributed by atoms with Crippen molar-refractivity contribution in [2.45, 2.75) is 52.0 Å². The molecule has 0 aromatic heterocycles. The maximum Gasteiger partial charge on any atom is 0.0488 e. The third-order valence-corrected chi connectivity index (χ3v) is 3.79. The Morgan fingerprint density at radius 2 is 1.87 bits per heavy atom. The minimum absolute atomic E-state index is 0.391. The summed E-state index contributed by atoms with van der Waals surface area (Å²) in [5, 5.41) is 0. The molecule has 15 heavy (non-hydrogen) atoms. The molecule has 0 spiro atoms. The highest BCUT2D eigenvalue weighted by Crippen LogP contribution is 2.31. The summed E-state index contributed by atoms with van der Waals surface area (Å²) < 4.78 is 5.15. The Bertz CT molecular complexity index is 164. The van der Waals surface area contributed by atoms with Crippen LogP contribution in [0.4, 0.5) is 0 Å². The van der Waals surface area contributed by atoms with Crippen molar-refractivity contribution in [2.24, 2.45) is 23.5 Å². The third-order valence-electron chi connectivity index (χ3n) is 3.79. The molecule has 1 saturated carbocycles. The molecule has 2 heteroatoms. The van der Waals surface area contributed by atoms with Crippen LogP contribution < -0.4 is 5.73 Å². The topological polar surface area (TPSA) is 35.2 Å². The third kappa shape index (κ3) is 4.52. The first kappa shape index (κ1) is 13.0. The molecule has 0 aliphatic heterocycles. The normalized spacial score (nSPS) is 31.2. The van der Waals surface area contributed by atoms with Crippen molar-refractivity contribution >= 4 is 0 Å². The fraction of sp³-hybridized carbons (Fsp3) is 1.00. The lowest BCUT2D eigenvalue weighted by atomic mass is 9.77. The van der Waals surface area contributed by atoms with Crippen LogP contribution in [0.1, 0.15) is 46.0 Å². The van der Waals surface area contributed by atoms with Crippen LogP contribution in [0.2, 0.25) is 0 Å². The smallest absolute Gasteiger partial charge is 0.0488 e. The quantitative estimate of drug-likeness (QED) is 0.762. The Labute approximate surface area is 94.6 Å². The van der Waals surface area contributed by atoms with Crippen LogP contribution in [0.25, 0.3) is 0 Å². The van der Waals surface area contributed by atoms with Gasteiger partial charge in [0.2, 0.25) is 0 Å². The van der Waals surface area contributed by atoms with E-state index < -0.39 is 0 Å². The molecule has 0 aromatic carbocycles. The molecule has 0 bridgehead atoms. The molecule has 1 aliphatic rings. The van der Waals surface area contributed by atoms with Crippen molar-refractivity contribution in [1.29, 1.82) is 0 Å². The Morgan fingerprint density at radius 1 is 1.27 bits per heavy atom. The number of methoxy groups -OCH3 is 1. The van der Waals surface area contributed by atoms with E-state index in [9.17, 15) is 0 Å². The second kappa shape index (κ2) is 6.49. The van der Waals surface area contributed by atoms with Crippen molar-refractivity contribution in [3.8, 4) is 0 Å². The summed E-state index contributed by atoms with van der Waals surface area (Å²) in [4.78, 5) is 0. The molecule has 0 radical (unpaired) electrons. The number of hydrogen-bond acceptors (Lipinski definition) is 2. The summed E-state index contributed by atoms with van der Waals surface area (Å²) in [5.41, 5.74) is 6.27. The molecule has 1 rings (SSSR count). The number of nitrogens with two attached hydrogens (primary N) is 1. The lowest BCUT2D eigenvalue weighted by Crippen LogP contribution is -2.34. The highest BCUT2D eigenvalue weighted by molar-refractivity contribution is 4.79. The van der Waals surface area contributed by atoms with Crippen LogP contribution >= 0.6 is 0 Å². The van der Waals surface area contributed by atoms with Crippen LogP contribution in [0.5, 0.6) is 0 Å². The molecule has 90 valence electrons. The molecule has 2 atom stereocenters. The zero-order chi connectivity index (χ0) is 11.3. The standard InChI is InChI=1S/C13H27NO/c1-10-4-6-12(7-5-10)13(14)8-11(2)9-15-3/h10-13H,4-9,14H2,1-3H3. The molecule has 1 aliphatic carbocycles. The van der Waals surface area contributed by atoms with Gasteiger partial charge in [-0.15, -0.1) is 0 Å². The molecular weight excluding hydrogens is 186 g/mol. The Kier molecular flexibility index (Phi) is 5.62. The van der Waals surface area contributed by atoms with Crippen molar-refractivity contribution < 1.29 is 4.74 Å². The molecule has 2 N–H and O–H groups in total. The minimum atomic E-state index is 0.391. The van der Waals surface area contributed by atoms with Gasteiger partial charge >= 0.3 is 0 Å². The van der Waals surface area contributed by atoms with E-state index in [2.05, 4.69) is 13.8 Å². The van der Waals surface area contributed by atoms with Gasteiger partial charge in [-0.25, -0.2) is 0 Å². The zero-order valence-corrected chi connectivity index (χ0v) is 10.5. The monoisotopic (exact) mass is 213 g/mol. The van der Waals surface area contributed by atoms with Gasteiger partial charge in [0.1, 0.15) is 0 Å². The van der Waals surface area contributed by atoms with Gasteiger partial charge in [0.25, 0.3) is 0 Å². The van der Waals surface area contributed by atoms with E-state index in [0.29, 0.717) is 12.0 Å². The maximum atomic E-state index is 6.27. The first-order chi connectivity index (χ1) is 7.13. The molecule has 0 aromatic rings. The van der Waals surface area contributed by atoms with Crippen LogP contribution in [0.15, 0.2) is 0 Å². The van der Waals surface area contributed by atoms with Crippen LogP contribution in [-0.4, -0.2) is 19.8 Å². The predicted molar refractivity (Wildman–Crippen MR) is 64.8 cm³/mol. The van der Waals surface area contributed by atoms with Gasteiger partial charge in [0, 0.05) is 19.8 Å². The van der Waals surface area contributed by atoms with Crippen molar-refractivity contribution in [2.75, 3.05) is 13.7 Å². The fourth-order valence-corrected chi connectivity index (χ4v) is 2.72. The predicted octanol–water partition coefficient (Wildman–Crippen LogP) is 2.81. The van der Waals surface area contributed by atoms with Crippen molar-refractivity contribution in [3.63, 3.8) is 0 Å². The van der Waals surface area contributed by atoms with Gasteiger partial charge in [0.15, 0.2) is 0 Å². The summed E-state index contributed by atoms with van der Waals surface area (Å²) in [7, 11) is 1.77. The molecule has 0 heterocycles. The first-order valence-corrected chi connectivity index (χ1v) is 6.38. The second-order valence-electron chi connectivity index (χ2n) is 5.48. The summed E-state index contributed by atoms with van der Waals surface area (Å²) in [5.74, 6) is 2.29. The number of rotatable bonds is 5. The lowest BCUT2D eigenvalue weighted by molar-refractivity contribution is 0.141. The molecule has 1 fully saturated rings. The average molecular weight is 213 g/mol. The largest absolute Gasteiger partial charge is 0.384 e. The van der Waals surface area contributed by atoms with E-state index in [0.717, 1.165) is 24.9 Å². The van der Waals surface area contributed by atoms with E-state index in [-0.39, 0.29) is 0 Å². The summed E-state index contributed by atoms with van der Waals surface area (Å²) in [6, 6.07) is 0.391. The highest BCUT2D eigenvalue weighted by atomic mass is 16.5. The van der Waals surface area contributed by atoms with E-state index in [1.807, 2.05) is 0 Å². The SMILES string of the molecule is COCC(C)CC(N)C1CCC(C)CC1.